The van der Waals surface area contributed by atoms with Crippen LogP contribution in [0.5, 0.6) is 0 Å². The van der Waals surface area contributed by atoms with Gasteiger partial charge >= 0.3 is 0 Å². The molecule has 0 aliphatic carbocycles. The van der Waals surface area contributed by atoms with Gasteiger partial charge in [0.15, 0.2) is 0 Å². The highest BCUT2D eigenvalue weighted by Crippen LogP contribution is 2.13. The van der Waals surface area contributed by atoms with E-state index in [1.54, 1.807) is 30.1 Å². The molecule has 0 fully saturated rings. The topological polar surface area (TPSA) is 85.8 Å². The number of carbonyl (C=O) groups excluding carboxylic acids is 1. The zero-order valence-electron chi connectivity index (χ0n) is 10.3. The first-order valence-corrected chi connectivity index (χ1v) is 5.66. The summed E-state index contributed by atoms with van der Waals surface area (Å²) < 4.78 is 1.74. The van der Waals surface area contributed by atoms with Crippen LogP contribution in [0.2, 0.25) is 0 Å². The number of pyridine rings is 1. The van der Waals surface area contributed by atoms with E-state index in [1.807, 2.05) is 6.92 Å². The molecule has 0 saturated heterocycles. The summed E-state index contributed by atoms with van der Waals surface area (Å²) in [5, 5.41) is 6.85. The number of aryl methyl sites for hydroxylation is 2. The number of amides is 1. The van der Waals surface area contributed by atoms with Gasteiger partial charge in [0, 0.05) is 12.7 Å². The molecule has 1 amide bonds. The molecule has 0 aliphatic heterocycles. The number of hydrogen-bond donors (Lipinski definition) is 2. The Bertz CT molecular complexity index is 576. The van der Waals surface area contributed by atoms with E-state index in [0.717, 1.165) is 6.54 Å². The number of carbonyl (C=O) groups is 1. The SMILES string of the molecule is CCn1cc(NC(=O)c2cc(N)cnc2C)cn1. The van der Waals surface area contributed by atoms with Crippen molar-refractivity contribution in [3.05, 3.63) is 35.9 Å². The molecule has 3 N–H and O–H groups in total. The van der Waals surface area contributed by atoms with Crippen LogP contribution in [0.1, 0.15) is 23.0 Å². The van der Waals surface area contributed by atoms with E-state index in [0.29, 0.717) is 22.6 Å². The smallest absolute Gasteiger partial charge is 0.257 e. The number of rotatable bonds is 3. The third-order valence-electron chi connectivity index (χ3n) is 2.57. The van der Waals surface area contributed by atoms with Gasteiger partial charge in [-0.2, -0.15) is 5.10 Å². The maximum atomic E-state index is 12.0. The Hall–Kier alpha value is -2.37. The lowest BCUT2D eigenvalue weighted by atomic mass is 10.2. The average Bonchev–Trinajstić information content (AvgIpc) is 2.80. The Morgan fingerprint density at radius 3 is 2.94 bits per heavy atom. The molecule has 0 bridgehead atoms. The highest BCUT2D eigenvalue weighted by molar-refractivity contribution is 6.05. The lowest BCUT2D eigenvalue weighted by molar-refractivity contribution is 0.102. The Balaban J connectivity index is 2.19. The monoisotopic (exact) mass is 245 g/mol. The fourth-order valence-electron chi connectivity index (χ4n) is 1.58. The molecule has 6 nitrogen and oxygen atoms in total. The molecule has 6 heteroatoms. The molecule has 94 valence electrons. The van der Waals surface area contributed by atoms with Gasteiger partial charge in [-0.15, -0.1) is 0 Å². The quantitative estimate of drug-likeness (QED) is 0.856. The molecule has 18 heavy (non-hydrogen) atoms. The lowest BCUT2D eigenvalue weighted by Crippen LogP contribution is -2.14. The molecule has 0 saturated carbocycles. The molecular formula is C12H15N5O. The van der Waals surface area contributed by atoms with Gasteiger partial charge in [0.2, 0.25) is 0 Å². The van der Waals surface area contributed by atoms with Crippen molar-refractivity contribution in [3.63, 3.8) is 0 Å². The molecule has 0 aliphatic rings. The van der Waals surface area contributed by atoms with E-state index in [1.165, 1.54) is 6.20 Å². The Morgan fingerprint density at radius 1 is 1.50 bits per heavy atom. The van der Waals surface area contributed by atoms with Crippen LogP contribution in [0.25, 0.3) is 0 Å². The second-order valence-electron chi connectivity index (χ2n) is 3.94. The molecule has 2 aromatic rings. The zero-order chi connectivity index (χ0) is 13.1. The van der Waals surface area contributed by atoms with Gasteiger partial charge < -0.3 is 11.1 Å². The van der Waals surface area contributed by atoms with Gasteiger partial charge in [0.05, 0.1) is 35.0 Å². The molecule has 2 rings (SSSR count). The first-order valence-electron chi connectivity index (χ1n) is 5.66. The molecule has 2 aromatic heterocycles. The molecule has 0 radical (unpaired) electrons. The summed E-state index contributed by atoms with van der Waals surface area (Å²) >= 11 is 0. The largest absolute Gasteiger partial charge is 0.397 e. The van der Waals surface area contributed by atoms with Gasteiger partial charge in [0.25, 0.3) is 5.91 Å². The molecule has 2 heterocycles. The third kappa shape index (κ3) is 2.48. The van der Waals surface area contributed by atoms with Crippen molar-refractivity contribution in [2.75, 3.05) is 11.1 Å². The van der Waals surface area contributed by atoms with Crippen molar-refractivity contribution in [2.45, 2.75) is 20.4 Å². The van der Waals surface area contributed by atoms with Gasteiger partial charge in [-0.05, 0) is 19.9 Å². The summed E-state index contributed by atoms with van der Waals surface area (Å²) in [6.45, 7) is 4.50. The number of hydrogen-bond acceptors (Lipinski definition) is 4. The second kappa shape index (κ2) is 4.87. The molecule has 0 spiro atoms. The number of nitrogens with two attached hydrogens (primary N) is 1. The summed E-state index contributed by atoms with van der Waals surface area (Å²) in [6.07, 6.45) is 4.91. The summed E-state index contributed by atoms with van der Waals surface area (Å²) in [6, 6.07) is 1.61. The van der Waals surface area contributed by atoms with Crippen molar-refractivity contribution in [1.82, 2.24) is 14.8 Å². The first kappa shape index (κ1) is 12.1. The highest BCUT2D eigenvalue weighted by atomic mass is 16.1. The fourth-order valence-corrected chi connectivity index (χ4v) is 1.58. The van der Waals surface area contributed by atoms with E-state index < -0.39 is 0 Å². The van der Waals surface area contributed by atoms with Gasteiger partial charge in [0.1, 0.15) is 0 Å². The Morgan fingerprint density at radius 2 is 2.28 bits per heavy atom. The molecular weight excluding hydrogens is 230 g/mol. The van der Waals surface area contributed by atoms with E-state index >= 15 is 0 Å². The van der Waals surface area contributed by atoms with Gasteiger partial charge in [-0.25, -0.2) is 0 Å². The van der Waals surface area contributed by atoms with Gasteiger partial charge in [-0.1, -0.05) is 0 Å². The minimum absolute atomic E-state index is 0.233. The van der Waals surface area contributed by atoms with E-state index in [9.17, 15) is 4.79 Å². The van der Waals surface area contributed by atoms with E-state index in [-0.39, 0.29) is 5.91 Å². The minimum atomic E-state index is -0.233. The van der Waals surface area contributed by atoms with Crippen LogP contribution in [-0.2, 0) is 6.54 Å². The average molecular weight is 245 g/mol. The third-order valence-corrected chi connectivity index (χ3v) is 2.57. The van der Waals surface area contributed by atoms with E-state index in [2.05, 4.69) is 15.4 Å². The summed E-state index contributed by atoms with van der Waals surface area (Å²) in [5.74, 6) is -0.233. The van der Waals surface area contributed by atoms with Gasteiger partial charge in [-0.3, -0.25) is 14.5 Å². The van der Waals surface area contributed by atoms with Crippen LogP contribution in [-0.4, -0.2) is 20.7 Å². The number of nitrogens with zero attached hydrogens (tertiary/aromatic N) is 3. The predicted octanol–water partition coefficient (Wildman–Crippen LogP) is 1.44. The molecule has 0 aromatic carbocycles. The van der Waals surface area contributed by atoms with Crippen molar-refractivity contribution < 1.29 is 4.79 Å². The van der Waals surface area contributed by atoms with Crippen molar-refractivity contribution in [2.24, 2.45) is 0 Å². The van der Waals surface area contributed by atoms with Crippen LogP contribution in [0.4, 0.5) is 11.4 Å². The van der Waals surface area contributed by atoms with Crippen molar-refractivity contribution in [1.29, 1.82) is 0 Å². The maximum absolute atomic E-state index is 12.0. The van der Waals surface area contributed by atoms with Crippen LogP contribution in [0.3, 0.4) is 0 Å². The standard InChI is InChI=1S/C12H15N5O/c1-3-17-7-10(6-15-17)16-12(18)11-4-9(13)5-14-8(11)2/h4-7H,3,13H2,1-2H3,(H,16,18). The number of anilines is 2. The second-order valence-corrected chi connectivity index (χ2v) is 3.94. The summed E-state index contributed by atoms with van der Waals surface area (Å²) in [5.41, 5.74) is 7.86. The van der Waals surface area contributed by atoms with Crippen molar-refractivity contribution in [3.8, 4) is 0 Å². The summed E-state index contributed by atoms with van der Waals surface area (Å²) in [4.78, 5) is 16.1. The lowest BCUT2D eigenvalue weighted by Gasteiger charge is -2.05. The van der Waals surface area contributed by atoms with Crippen LogP contribution in [0, 0.1) is 6.92 Å². The van der Waals surface area contributed by atoms with Crippen LogP contribution < -0.4 is 11.1 Å². The number of nitrogens with one attached hydrogen (secondary N) is 1. The maximum Gasteiger partial charge on any atom is 0.257 e. The number of aromatic nitrogens is 3. The normalized spacial score (nSPS) is 10.3. The zero-order valence-corrected chi connectivity index (χ0v) is 10.3. The van der Waals surface area contributed by atoms with Crippen molar-refractivity contribution >= 4 is 17.3 Å². The highest BCUT2D eigenvalue weighted by Gasteiger charge is 2.11. The van der Waals surface area contributed by atoms with Crippen LogP contribution in [0.15, 0.2) is 24.7 Å². The Labute approximate surface area is 105 Å². The minimum Gasteiger partial charge on any atom is -0.397 e. The molecule has 0 unspecified atom stereocenters. The Kier molecular flexibility index (Phi) is 3.27. The van der Waals surface area contributed by atoms with E-state index in [4.69, 9.17) is 5.73 Å². The first-order chi connectivity index (χ1) is 8.60. The summed E-state index contributed by atoms with van der Waals surface area (Å²) in [7, 11) is 0. The fraction of sp³-hybridized carbons (Fsp3) is 0.250. The van der Waals surface area contributed by atoms with Crippen LogP contribution >= 0.6 is 0 Å². The number of nitrogen functional groups attached to an aromatic ring is 1. The predicted molar refractivity (Wildman–Crippen MR) is 69.2 cm³/mol. The molecule has 0 atom stereocenters.